The average molecular weight is 261 g/mol. The van der Waals surface area contributed by atoms with Crippen LogP contribution in [0.5, 0.6) is 11.5 Å². The van der Waals surface area contributed by atoms with Gasteiger partial charge >= 0.3 is 0 Å². The van der Waals surface area contributed by atoms with Gasteiger partial charge in [-0.1, -0.05) is 17.3 Å². The van der Waals surface area contributed by atoms with Gasteiger partial charge in [-0.2, -0.15) is 0 Å². The number of ether oxygens (including phenoxy) is 2. The quantitative estimate of drug-likeness (QED) is 0.898. The molecule has 1 aromatic heterocycles. The topological polar surface area (TPSA) is 69.4 Å². The van der Waals surface area contributed by atoms with E-state index < -0.39 is 6.10 Å². The molecule has 2 atom stereocenters. The fourth-order valence-corrected chi connectivity index (χ4v) is 1.96. The number of para-hydroxylation sites is 2. The molecule has 0 aliphatic carbocycles. The largest absolute Gasteiger partial charge is 0.486 e. The summed E-state index contributed by atoms with van der Waals surface area (Å²) in [6, 6.07) is 7.58. The van der Waals surface area contributed by atoms with Crippen LogP contribution in [0.3, 0.4) is 0 Å². The summed E-state index contributed by atoms with van der Waals surface area (Å²) in [5.74, 6) is 1.51. The molecule has 2 unspecified atom stereocenters. The van der Waals surface area contributed by atoms with Gasteiger partial charge in [-0.15, -0.1) is 5.10 Å². The van der Waals surface area contributed by atoms with Crippen LogP contribution in [0.15, 0.2) is 30.5 Å². The summed E-state index contributed by atoms with van der Waals surface area (Å²) in [5, 5.41) is 17.3. The van der Waals surface area contributed by atoms with Crippen molar-refractivity contribution in [2.75, 3.05) is 6.61 Å². The molecule has 3 rings (SSSR count). The summed E-state index contributed by atoms with van der Waals surface area (Å²) in [6.45, 7) is 2.67. The number of aromatic nitrogens is 3. The van der Waals surface area contributed by atoms with Crippen molar-refractivity contribution in [2.45, 2.75) is 25.7 Å². The zero-order chi connectivity index (χ0) is 13.2. The van der Waals surface area contributed by atoms with Crippen LogP contribution in [0.4, 0.5) is 0 Å². The summed E-state index contributed by atoms with van der Waals surface area (Å²) >= 11 is 0. The molecule has 0 bridgehead atoms. The van der Waals surface area contributed by atoms with Gasteiger partial charge in [0.25, 0.3) is 0 Å². The Morgan fingerprint density at radius 2 is 2.21 bits per heavy atom. The Balaban J connectivity index is 1.68. The lowest BCUT2D eigenvalue weighted by atomic mass is 10.2. The van der Waals surface area contributed by atoms with Crippen LogP contribution < -0.4 is 9.47 Å². The van der Waals surface area contributed by atoms with E-state index >= 15 is 0 Å². The minimum Gasteiger partial charge on any atom is -0.486 e. The molecule has 19 heavy (non-hydrogen) atoms. The van der Waals surface area contributed by atoms with Crippen molar-refractivity contribution in [3.63, 3.8) is 0 Å². The maximum Gasteiger partial charge on any atom is 0.161 e. The van der Waals surface area contributed by atoms with E-state index in [0.717, 1.165) is 11.5 Å². The first-order valence-corrected chi connectivity index (χ1v) is 6.19. The summed E-state index contributed by atoms with van der Waals surface area (Å²) in [6.07, 6.45) is 0.991. The van der Waals surface area contributed by atoms with Gasteiger partial charge < -0.3 is 14.6 Å². The number of hydrogen-bond donors (Lipinski definition) is 1. The number of aliphatic hydroxyl groups is 1. The van der Waals surface area contributed by atoms with Crippen molar-refractivity contribution < 1.29 is 14.6 Å². The molecule has 1 N–H and O–H groups in total. The molecular weight excluding hydrogens is 246 g/mol. The minimum absolute atomic E-state index is 0.113. The SMILES string of the molecule is CC(O)c1cn(CC2COc3ccccc3O2)nn1. The number of fused-ring (bicyclic) bond motifs is 1. The fraction of sp³-hybridized carbons (Fsp3) is 0.385. The highest BCUT2D eigenvalue weighted by molar-refractivity contribution is 5.40. The number of hydrogen-bond acceptors (Lipinski definition) is 5. The van der Waals surface area contributed by atoms with E-state index in [4.69, 9.17) is 9.47 Å². The molecule has 1 aliphatic rings. The zero-order valence-electron chi connectivity index (χ0n) is 10.6. The third kappa shape index (κ3) is 2.53. The van der Waals surface area contributed by atoms with Crippen molar-refractivity contribution in [2.24, 2.45) is 0 Å². The highest BCUT2D eigenvalue weighted by Gasteiger charge is 2.21. The summed E-state index contributed by atoms with van der Waals surface area (Å²) < 4.78 is 13.1. The second-order valence-electron chi connectivity index (χ2n) is 4.54. The molecule has 100 valence electrons. The van der Waals surface area contributed by atoms with E-state index in [-0.39, 0.29) is 6.10 Å². The average Bonchev–Trinajstić information content (AvgIpc) is 2.87. The lowest BCUT2D eigenvalue weighted by molar-refractivity contribution is 0.0754. The van der Waals surface area contributed by atoms with Crippen LogP contribution >= 0.6 is 0 Å². The van der Waals surface area contributed by atoms with E-state index in [0.29, 0.717) is 18.8 Å². The lowest BCUT2D eigenvalue weighted by Crippen LogP contribution is -2.33. The van der Waals surface area contributed by atoms with Crippen molar-refractivity contribution in [3.05, 3.63) is 36.2 Å². The van der Waals surface area contributed by atoms with E-state index in [1.807, 2.05) is 24.3 Å². The Morgan fingerprint density at radius 1 is 1.42 bits per heavy atom. The summed E-state index contributed by atoms with van der Waals surface area (Å²) in [5.41, 5.74) is 0.553. The Hall–Kier alpha value is -2.08. The molecular formula is C13H15N3O3. The normalized spacial score (nSPS) is 19.2. The summed E-state index contributed by atoms with van der Waals surface area (Å²) in [4.78, 5) is 0. The molecule has 6 heteroatoms. The summed E-state index contributed by atoms with van der Waals surface area (Å²) in [7, 11) is 0. The second kappa shape index (κ2) is 4.89. The Kier molecular flexibility index (Phi) is 3.08. The number of benzene rings is 1. The van der Waals surface area contributed by atoms with Crippen molar-refractivity contribution in [1.82, 2.24) is 15.0 Å². The molecule has 0 saturated carbocycles. The van der Waals surface area contributed by atoms with Crippen molar-refractivity contribution in [3.8, 4) is 11.5 Å². The van der Waals surface area contributed by atoms with Crippen LogP contribution in [0, 0.1) is 0 Å². The van der Waals surface area contributed by atoms with E-state index in [2.05, 4.69) is 10.3 Å². The predicted molar refractivity (Wildman–Crippen MR) is 67.0 cm³/mol. The van der Waals surface area contributed by atoms with Gasteiger partial charge in [-0.3, -0.25) is 0 Å². The molecule has 0 saturated heterocycles. The predicted octanol–water partition coefficient (Wildman–Crippen LogP) is 1.17. The number of nitrogens with zero attached hydrogens (tertiary/aromatic N) is 3. The van der Waals surface area contributed by atoms with Crippen LogP contribution in [0.25, 0.3) is 0 Å². The van der Waals surface area contributed by atoms with E-state index in [1.165, 1.54) is 0 Å². The standard InChI is InChI=1S/C13H15N3O3/c1-9(17)11-7-16(15-14-11)6-10-8-18-12-4-2-3-5-13(12)19-10/h2-5,7,9-10,17H,6,8H2,1H3. The molecule has 2 heterocycles. The van der Waals surface area contributed by atoms with Gasteiger partial charge in [0.1, 0.15) is 12.3 Å². The van der Waals surface area contributed by atoms with E-state index in [1.54, 1.807) is 17.8 Å². The second-order valence-corrected chi connectivity index (χ2v) is 4.54. The third-order valence-electron chi connectivity index (χ3n) is 2.94. The van der Waals surface area contributed by atoms with Gasteiger partial charge in [0.05, 0.1) is 18.8 Å². The molecule has 0 spiro atoms. The Labute approximate surface area is 110 Å². The highest BCUT2D eigenvalue weighted by Crippen LogP contribution is 2.31. The first kappa shape index (κ1) is 12.0. The van der Waals surface area contributed by atoms with Crippen LogP contribution in [0.2, 0.25) is 0 Å². The van der Waals surface area contributed by atoms with Crippen molar-refractivity contribution in [1.29, 1.82) is 0 Å². The van der Waals surface area contributed by atoms with Crippen molar-refractivity contribution >= 4 is 0 Å². The zero-order valence-corrected chi connectivity index (χ0v) is 10.6. The van der Waals surface area contributed by atoms with Gasteiger partial charge in [-0.25, -0.2) is 4.68 Å². The van der Waals surface area contributed by atoms with Crippen LogP contribution in [-0.4, -0.2) is 32.8 Å². The van der Waals surface area contributed by atoms with Crippen LogP contribution in [0.1, 0.15) is 18.7 Å². The minimum atomic E-state index is -0.613. The maximum atomic E-state index is 9.40. The molecule has 0 fully saturated rings. The Bertz CT molecular complexity index is 568. The van der Waals surface area contributed by atoms with E-state index in [9.17, 15) is 5.11 Å². The smallest absolute Gasteiger partial charge is 0.161 e. The fourth-order valence-electron chi connectivity index (χ4n) is 1.96. The first-order valence-electron chi connectivity index (χ1n) is 6.19. The monoisotopic (exact) mass is 261 g/mol. The first-order chi connectivity index (χ1) is 9.22. The van der Waals surface area contributed by atoms with Crippen LogP contribution in [-0.2, 0) is 6.54 Å². The van der Waals surface area contributed by atoms with Gasteiger partial charge in [0.15, 0.2) is 17.6 Å². The molecule has 2 aromatic rings. The third-order valence-corrected chi connectivity index (χ3v) is 2.94. The maximum absolute atomic E-state index is 9.40. The van der Waals surface area contributed by atoms with Gasteiger partial charge in [0, 0.05) is 0 Å². The highest BCUT2D eigenvalue weighted by atomic mass is 16.6. The molecule has 0 radical (unpaired) electrons. The molecule has 1 aromatic carbocycles. The number of aliphatic hydroxyl groups excluding tert-OH is 1. The molecule has 0 amide bonds. The lowest BCUT2D eigenvalue weighted by Gasteiger charge is -2.26. The molecule has 1 aliphatic heterocycles. The Morgan fingerprint density at radius 3 is 2.95 bits per heavy atom. The number of rotatable bonds is 3. The van der Waals surface area contributed by atoms with Gasteiger partial charge in [-0.05, 0) is 19.1 Å². The molecule has 6 nitrogen and oxygen atoms in total. The van der Waals surface area contributed by atoms with Gasteiger partial charge in [0.2, 0.25) is 0 Å².